The molecule has 0 spiro atoms. The third-order valence-corrected chi connectivity index (χ3v) is 4.12. The van der Waals surface area contributed by atoms with E-state index in [4.69, 9.17) is 16.3 Å². The van der Waals surface area contributed by atoms with Gasteiger partial charge in [-0.3, -0.25) is 9.89 Å². The highest BCUT2D eigenvalue weighted by molar-refractivity contribution is 6.30. The van der Waals surface area contributed by atoms with Crippen molar-refractivity contribution in [1.29, 1.82) is 0 Å². The fourth-order valence-electron chi connectivity index (χ4n) is 2.92. The van der Waals surface area contributed by atoms with E-state index in [1.54, 1.807) is 18.2 Å². The molecule has 132 valence electrons. The number of alkyl halides is 3. The van der Waals surface area contributed by atoms with Crippen LogP contribution in [0.25, 0.3) is 0 Å². The Labute approximate surface area is 145 Å². The minimum absolute atomic E-state index is 0.0298. The normalized spacial score (nSPS) is 20.0. The van der Waals surface area contributed by atoms with E-state index in [9.17, 15) is 18.0 Å². The summed E-state index contributed by atoms with van der Waals surface area (Å²) in [4.78, 5) is 16.0. The van der Waals surface area contributed by atoms with Crippen molar-refractivity contribution >= 4 is 29.1 Å². The molecular weight excluding hydrogens is 359 g/mol. The van der Waals surface area contributed by atoms with Crippen molar-refractivity contribution in [1.82, 2.24) is 10.2 Å². The lowest BCUT2D eigenvalue weighted by Crippen LogP contribution is -2.42. The van der Waals surface area contributed by atoms with E-state index < -0.39 is 29.7 Å². The first-order chi connectivity index (χ1) is 11.8. The quantitative estimate of drug-likeness (QED) is 0.828. The number of rotatable bonds is 3. The molecule has 1 N–H and O–H groups in total. The topological polar surface area (TPSA) is 67.3 Å². The Kier molecular flexibility index (Phi) is 4.55. The number of hydrogen-bond acceptors (Lipinski definition) is 4. The van der Waals surface area contributed by atoms with Gasteiger partial charge in [0.25, 0.3) is 0 Å². The van der Waals surface area contributed by atoms with E-state index in [2.05, 4.69) is 15.2 Å². The number of carbonyl (C=O) groups is 1. The van der Waals surface area contributed by atoms with Crippen molar-refractivity contribution in [3.63, 3.8) is 0 Å². The first-order valence-corrected chi connectivity index (χ1v) is 7.82. The summed E-state index contributed by atoms with van der Waals surface area (Å²) in [6.45, 7) is 1.49. The maximum Gasteiger partial charge on any atom is 0.430 e. The van der Waals surface area contributed by atoms with Crippen molar-refractivity contribution in [2.45, 2.75) is 19.0 Å². The zero-order valence-corrected chi connectivity index (χ0v) is 13.7. The van der Waals surface area contributed by atoms with Crippen LogP contribution in [-0.2, 0) is 9.53 Å². The molecule has 0 amide bonds. The number of halogens is 4. The van der Waals surface area contributed by atoms with Gasteiger partial charge in [-0.2, -0.15) is 18.3 Å². The van der Waals surface area contributed by atoms with E-state index in [1.807, 2.05) is 0 Å². The summed E-state index contributed by atoms with van der Waals surface area (Å²) in [5.74, 6) is -3.61. The minimum atomic E-state index is -4.79. The molecule has 2 unspecified atom stereocenters. The Morgan fingerprint density at radius 1 is 1.40 bits per heavy atom. The van der Waals surface area contributed by atoms with E-state index in [-0.39, 0.29) is 12.4 Å². The first kappa shape index (κ1) is 17.5. The Hall–Kier alpha value is -2.35. The molecule has 3 rings (SSSR count). The molecule has 5 nitrogen and oxygen atoms in total. The van der Waals surface area contributed by atoms with Gasteiger partial charge in [-0.1, -0.05) is 23.7 Å². The van der Waals surface area contributed by atoms with Crippen molar-refractivity contribution in [3.8, 4) is 0 Å². The standard InChI is InChI=1S/C16H13ClF3N3O2/c1-2-25-15(24)12-11(8-4-3-5-9(17)6-8)10-7-21-23-14(10)22-13(12)16(18,19)20/h3-7,11-12H,2H2,1H3,(H,21,23). The van der Waals surface area contributed by atoms with Gasteiger partial charge < -0.3 is 4.74 Å². The second kappa shape index (κ2) is 6.51. The lowest BCUT2D eigenvalue weighted by molar-refractivity contribution is -0.147. The van der Waals surface area contributed by atoms with Gasteiger partial charge in [-0.15, -0.1) is 0 Å². The molecule has 1 aromatic heterocycles. The lowest BCUT2D eigenvalue weighted by atomic mass is 9.77. The molecule has 9 heteroatoms. The van der Waals surface area contributed by atoms with Gasteiger partial charge in [0.05, 0.1) is 12.8 Å². The van der Waals surface area contributed by atoms with Gasteiger partial charge >= 0.3 is 12.1 Å². The van der Waals surface area contributed by atoms with Gasteiger partial charge in [0, 0.05) is 16.5 Å². The molecule has 0 aliphatic carbocycles. The summed E-state index contributed by atoms with van der Waals surface area (Å²) >= 11 is 5.99. The zero-order chi connectivity index (χ0) is 18.2. The highest BCUT2D eigenvalue weighted by Crippen LogP contribution is 2.45. The number of nitrogens with zero attached hydrogens (tertiary/aromatic N) is 2. The molecule has 0 saturated carbocycles. The Morgan fingerprint density at radius 3 is 2.80 bits per heavy atom. The molecule has 2 aromatic rings. The Balaban J connectivity index is 2.21. The smallest absolute Gasteiger partial charge is 0.430 e. The predicted molar refractivity (Wildman–Crippen MR) is 85.2 cm³/mol. The molecule has 0 bridgehead atoms. The summed E-state index contributed by atoms with van der Waals surface area (Å²) in [6, 6.07) is 6.34. The maximum atomic E-state index is 13.6. The predicted octanol–water partition coefficient (Wildman–Crippen LogP) is 4.02. The van der Waals surface area contributed by atoms with Crippen LogP contribution in [0.15, 0.2) is 35.5 Å². The highest BCUT2D eigenvalue weighted by Gasteiger charge is 2.51. The van der Waals surface area contributed by atoms with E-state index in [0.717, 1.165) is 0 Å². The SMILES string of the molecule is CCOC(=O)C1C(C(F)(F)F)=Nc2[nH]ncc2C1c1cccc(Cl)c1. The molecular formula is C16H13ClF3N3O2. The molecule has 1 aliphatic rings. The van der Waals surface area contributed by atoms with E-state index in [0.29, 0.717) is 16.1 Å². The summed E-state index contributed by atoms with van der Waals surface area (Å²) in [5, 5.41) is 6.56. The number of carbonyl (C=O) groups excluding carboxylic acids is 1. The third-order valence-electron chi connectivity index (χ3n) is 3.88. The number of esters is 1. The lowest BCUT2D eigenvalue weighted by Gasteiger charge is -2.31. The molecule has 0 radical (unpaired) electrons. The first-order valence-electron chi connectivity index (χ1n) is 7.44. The summed E-state index contributed by atoms with van der Waals surface area (Å²) in [6.07, 6.45) is -3.43. The Morgan fingerprint density at radius 2 is 2.16 bits per heavy atom. The van der Waals surface area contributed by atoms with Crippen LogP contribution >= 0.6 is 11.6 Å². The van der Waals surface area contributed by atoms with Gasteiger partial charge in [0.15, 0.2) is 5.82 Å². The van der Waals surface area contributed by atoms with E-state index >= 15 is 0 Å². The average molecular weight is 372 g/mol. The Bertz CT molecular complexity index is 832. The van der Waals surface area contributed by atoms with Crippen LogP contribution < -0.4 is 0 Å². The maximum absolute atomic E-state index is 13.6. The largest absolute Gasteiger partial charge is 0.465 e. The molecule has 1 aliphatic heterocycles. The minimum Gasteiger partial charge on any atom is -0.465 e. The molecule has 0 saturated heterocycles. The van der Waals surface area contributed by atoms with E-state index in [1.165, 1.54) is 19.2 Å². The van der Waals surface area contributed by atoms with Crippen molar-refractivity contribution in [3.05, 3.63) is 46.6 Å². The third kappa shape index (κ3) is 3.26. The number of aromatic nitrogens is 2. The van der Waals surface area contributed by atoms with Crippen LogP contribution in [0.5, 0.6) is 0 Å². The van der Waals surface area contributed by atoms with Crippen LogP contribution in [0.3, 0.4) is 0 Å². The number of fused-ring (bicyclic) bond motifs is 1. The average Bonchev–Trinajstić information content (AvgIpc) is 3.00. The van der Waals surface area contributed by atoms with Crippen LogP contribution in [0, 0.1) is 5.92 Å². The number of aromatic amines is 1. The number of benzene rings is 1. The van der Waals surface area contributed by atoms with Crippen molar-refractivity contribution < 1.29 is 22.7 Å². The number of nitrogens with one attached hydrogen (secondary N) is 1. The summed E-state index contributed by atoms with van der Waals surface area (Å²) < 4.78 is 45.6. The molecule has 2 atom stereocenters. The van der Waals surface area contributed by atoms with Crippen molar-refractivity contribution in [2.24, 2.45) is 10.9 Å². The second-order valence-electron chi connectivity index (χ2n) is 5.43. The fourth-order valence-corrected chi connectivity index (χ4v) is 3.12. The second-order valence-corrected chi connectivity index (χ2v) is 5.87. The van der Waals surface area contributed by atoms with Crippen LogP contribution in [-0.4, -0.2) is 34.7 Å². The molecule has 0 fully saturated rings. The monoisotopic (exact) mass is 371 g/mol. The number of aliphatic imine (C=N–C) groups is 1. The molecule has 1 aromatic carbocycles. The van der Waals surface area contributed by atoms with Crippen LogP contribution in [0.2, 0.25) is 5.02 Å². The number of H-pyrrole nitrogens is 1. The van der Waals surface area contributed by atoms with Crippen LogP contribution in [0.4, 0.5) is 19.0 Å². The fraction of sp³-hybridized carbons (Fsp3) is 0.312. The van der Waals surface area contributed by atoms with Gasteiger partial charge in [0.2, 0.25) is 0 Å². The van der Waals surface area contributed by atoms with Gasteiger partial charge in [-0.05, 0) is 24.6 Å². The van der Waals surface area contributed by atoms with Crippen LogP contribution in [0.1, 0.15) is 24.0 Å². The van der Waals surface area contributed by atoms with Gasteiger partial charge in [0.1, 0.15) is 11.6 Å². The molecule has 25 heavy (non-hydrogen) atoms. The number of hydrogen-bond donors (Lipinski definition) is 1. The van der Waals surface area contributed by atoms with Gasteiger partial charge in [-0.25, -0.2) is 4.99 Å². The summed E-state index contributed by atoms with van der Waals surface area (Å²) in [5.41, 5.74) is -0.383. The highest BCUT2D eigenvalue weighted by atomic mass is 35.5. The molecule has 2 heterocycles. The summed E-state index contributed by atoms with van der Waals surface area (Å²) in [7, 11) is 0. The zero-order valence-electron chi connectivity index (χ0n) is 13.0. The van der Waals surface area contributed by atoms with Crippen molar-refractivity contribution in [2.75, 3.05) is 6.61 Å². The number of ether oxygens (including phenoxy) is 1.